The topological polar surface area (TPSA) is 24.9 Å². The molecule has 2 nitrogen and oxygen atoms in total. The fraction of sp³-hybridized carbons (Fsp3) is 0.444. The molecule has 0 amide bonds. The van der Waals surface area contributed by atoms with Crippen LogP contribution in [-0.2, 0) is 6.18 Å². The molecule has 2 heterocycles. The maximum absolute atomic E-state index is 12.5. The van der Waals surface area contributed by atoms with Crippen molar-refractivity contribution >= 4 is 0 Å². The molecule has 0 unspecified atom stereocenters. The number of pyridine rings is 1. The molecule has 0 radical (unpaired) electrons. The lowest BCUT2D eigenvalue weighted by atomic mass is 9.94. The van der Waals surface area contributed by atoms with Gasteiger partial charge in [-0.15, -0.1) is 0 Å². The van der Waals surface area contributed by atoms with Gasteiger partial charge in [0.05, 0.1) is 11.3 Å². The summed E-state index contributed by atoms with van der Waals surface area (Å²) in [6.45, 7) is 1.17. The van der Waals surface area contributed by atoms with Crippen molar-refractivity contribution in [1.82, 2.24) is 10.3 Å². The van der Waals surface area contributed by atoms with Gasteiger partial charge < -0.3 is 5.32 Å². The van der Waals surface area contributed by atoms with Crippen LogP contribution in [0.15, 0.2) is 18.3 Å². The molecule has 1 aliphatic heterocycles. The predicted octanol–water partition coefficient (Wildman–Crippen LogP) is 1.79. The first-order valence-corrected chi connectivity index (χ1v) is 4.32. The second-order valence-corrected chi connectivity index (χ2v) is 3.29. The monoisotopic (exact) mass is 202 g/mol. The van der Waals surface area contributed by atoms with Gasteiger partial charge in [-0.2, -0.15) is 13.2 Å². The summed E-state index contributed by atoms with van der Waals surface area (Å²) in [6.07, 6.45) is -2.89. The van der Waals surface area contributed by atoms with E-state index >= 15 is 0 Å². The Labute approximate surface area is 79.2 Å². The van der Waals surface area contributed by atoms with Crippen LogP contribution in [0.4, 0.5) is 13.2 Å². The van der Waals surface area contributed by atoms with Crippen molar-refractivity contribution in [3.63, 3.8) is 0 Å². The Morgan fingerprint density at radius 1 is 1.36 bits per heavy atom. The van der Waals surface area contributed by atoms with Gasteiger partial charge in [-0.25, -0.2) is 0 Å². The van der Waals surface area contributed by atoms with Gasteiger partial charge in [0, 0.05) is 25.2 Å². The number of alkyl halides is 3. The van der Waals surface area contributed by atoms with Crippen molar-refractivity contribution in [1.29, 1.82) is 0 Å². The Morgan fingerprint density at radius 3 is 2.57 bits per heavy atom. The van der Waals surface area contributed by atoms with Crippen LogP contribution in [0.5, 0.6) is 0 Å². The second kappa shape index (κ2) is 3.24. The Balaban J connectivity index is 2.38. The fourth-order valence-electron chi connectivity index (χ4n) is 1.46. The lowest BCUT2D eigenvalue weighted by molar-refractivity contribution is -0.138. The largest absolute Gasteiger partial charge is 0.418 e. The smallest absolute Gasteiger partial charge is 0.315 e. The molecule has 1 fully saturated rings. The maximum atomic E-state index is 12.5. The average molecular weight is 202 g/mol. The van der Waals surface area contributed by atoms with Gasteiger partial charge in [-0.3, -0.25) is 4.98 Å². The fourth-order valence-corrected chi connectivity index (χ4v) is 1.46. The summed E-state index contributed by atoms with van der Waals surface area (Å²) in [5.41, 5.74) is -0.440. The first-order valence-electron chi connectivity index (χ1n) is 4.32. The van der Waals surface area contributed by atoms with Crippen molar-refractivity contribution in [2.75, 3.05) is 13.1 Å². The third kappa shape index (κ3) is 1.59. The lowest BCUT2D eigenvalue weighted by Crippen LogP contribution is -2.41. The highest BCUT2D eigenvalue weighted by molar-refractivity contribution is 5.28. The minimum atomic E-state index is -4.29. The Hall–Kier alpha value is -1.10. The van der Waals surface area contributed by atoms with Crippen LogP contribution in [0.1, 0.15) is 17.2 Å². The van der Waals surface area contributed by atoms with Crippen molar-refractivity contribution in [2.45, 2.75) is 12.1 Å². The second-order valence-electron chi connectivity index (χ2n) is 3.29. The van der Waals surface area contributed by atoms with Crippen LogP contribution in [0, 0.1) is 0 Å². The molecule has 0 bridgehead atoms. The van der Waals surface area contributed by atoms with E-state index in [0.717, 1.165) is 6.07 Å². The summed E-state index contributed by atoms with van der Waals surface area (Å²) >= 11 is 0. The third-order valence-corrected chi connectivity index (χ3v) is 2.31. The highest BCUT2D eigenvalue weighted by Gasteiger charge is 2.37. The third-order valence-electron chi connectivity index (χ3n) is 2.31. The van der Waals surface area contributed by atoms with Crippen LogP contribution in [0.3, 0.4) is 0 Å². The predicted molar refractivity (Wildman–Crippen MR) is 44.8 cm³/mol. The molecule has 0 aliphatic carbocycles. The highest BCUT2D eigenvalue weighted by atomic mass is 19.4. The van der Waals surface area contributed by atoms with Crippen LogP contribution >= 0.6 is 0 Å². The molecule has 76 valence electrons. The first kappa shape index (κ1) is 9.45. The van der Waals surface area contributed by atoms with E-state index in [1.54, 1.807) is 0 Å². The number of nitrogens with one attached hydrogen (secondary N) is 1. The maximum Gasteiger partial charge on any atom is 0.418 e. The quantitative estimate of drug-likeness (QED) is 0.750. The summed E-state index contributed by atoms with van der Waals surface area (Å²) in [5, 5.41) is 2.93. The molecule has 0 spiro atoms. The summed E-state index contributed by atoms with van der Waals surface area (Å²) in [6, 6.07) is 2.40. The molecule has 0 saturated carbocycles. The number of aromatic nitrogens is 1. The number of hydrogen-bond donors (Lipinski definition) is 1. The van der Waals surface area contributed by atoms with Gasteiger partial charge in [0.15, 0.2) is 0 Å². The van der Waals surface area contributed by atoms with E-state index in [0.29, 0.717) is 13.1 Å². The number of nitrogens with zero attached hydrogens (tertiary/aromatic N) is 1. The molecule has 1 aliphatic rings. The van der Waals surface area contributed by atoms with E-state index in [1.807, 2.05) is 0 Å². The normalized spacial score (nSPS) is 17.9. The molecule has 1 N–H and O–H groups in total. The van der Waals surface area contributed by atoms with Gasteiger partial charge in [-0.1, -0.05) is 0 Å². The number of halogens is 3. The number of hydrogen-bond acceptors (Lipinski definition) is 2. The van der Waals surface area contributed by atoms with E-state index in [2.05, 4.69) is 10.3 Å². The minimum Gasteiger partial charge on any atom is -0.315 e. The zero-order valence-electron chi connectivity index (χ0n) is 7.30. The van der Waals surface area contributed by atoms with Gasteiger partial charge >= 0.3 is 6.18 Å². The highest BCUT2D eigenvalue weighted by Crippen LogP contribution is 2.34. The van der Waals surface area contributed by atoms with Crippen LogP contribution < -0.4 is 5.32 Å². The van der Waals surface area contributed by atoms with E-state index in [9.17, 15) is 13.2 Å². The molecular formula is C9H9F3N2. The molecular weight excluding hydrogens is 193 g/mol. The number of rotatable bonds is 1. The van der Waals surface area contributed by atoms with Crippen LogP contribution in [0.25, 0.3) is 0 Å². The summed E-state index contributed by atoms with van der Waals surface area (Å²) in [5.74, 6) is -0.0900. The lowest BCUT2D eigenvalue weighted by Gasteiger charge is -2.28. The van der Waals surface area contributed by atoms with Crippen LogP contribution in [-0.4, -0.2) is 18.1 Å². The standard InChI is InChI=1S/C9H9F3N2/c10-9(11,12)7-2-1-3-14-8(7)6-4-13-5-6/h1-3,6,13H,4-5H2. The zero-order chi connectivity index (χ0) is 10.2. The van der Waals surface area contributed by atoms with Crippen molar-refractivity contribution in [3.8, 4) is 0 Å². The van der Waals surface area contributed by atoms with Crippen molar-refractivity contribution < 1.29 is 13.2 Å². The average Bonchev–Trinajstić information content (AvgIpc) is 2.00. The van der Waals surface area contributed by atoms with Crippen molar-refractivity contribution in [3.05, 3.63) is 29.6 Å². The van der Waals surface area contributed by atoms with Gasteiger partial charge in [0.25, 0.3) is 0 Å². The Kier molecular flexibility index (Phi) is 2.19. The molecule has 5 heteroatoms. The van der Waals surface area contributed by atoms with Crippen LogP contribution in [0.2, 0.25) is 0 Å². The molecule has 0 aromatic carbocycles. The Morgan fingerprint density at radius 2 is 2.07 bits per heavy atom. The van der Waals surface area contributed by atoms with Crippen molar-refractivity contribution in [2.24, 2.45) is 0 Å². The van der Waals surface area contributed by atoms with Gasteiger partial charge in [0.2, 0.25) is 0 Å². The van der Waals surface area contributed by atoms with E-state index in [1.165, 1.54) is 12.3 Å². The SMILES string of the molecule is FC(F)(F)c1cccnc1C1CNC1. The summed E-state index contributed by atoms with van der Waals surface area (Å²) in [4.78, 5) is 3.81. The van der Waals surface area contributed by atoms with E-state index in [-0.39, 0.29) is 11.6 Å². The molecule has 1 saturated heterocycles. The van der Waals surface area contributed by atoms with Gasteiger partial charge in [-0.05, 0) is 12.1 Å². The minimum absolute atomic E-state index is 0.0900. The van der Waals surface area contributed by atoms with E-state index in [4.69, 9.17) is 0 Å². The molecule has 1 aromatic heterocycles. The summed E-state index contributed by atoms with van der Waals surface area (Å²) in [7, 11) is 0. The molecule has 1 aromatic rings. The molecule has 2 rings (SSSR count). The summed E-state index contributed by atoms with van der Waals surface area (Å²) < 4.78 is 37.5. The van der Waals surface area contributed by atoms with Gasteiger partial charge in [0.1, 0.15) is 0 Å². The zero-order valence-corrected chi connectivity index (χ0v) is 7.30. The molecule has 14 heavy (non-hydrogen) atoms. The first-order chi connectivity index (χ1) is 6.59. The Bertz CT molecular complexity index is 331. The molecule has 0 atom stereocenters. The van der Waals surface area contributed by atoms with E-state index < -0.39 is 11.7 Å².